The number of carbonyl (C=O) groups is 1. The highest BCUT2D eigenvalue weighted by molar-refractivity contribution is 6.21. The summed E-state index contributed by atoms with van der Waals surface area (Å²) in [5.74, 6) is -0.559. The zero-order chi connectivity index (χ0) is 24.2. The highest BCUT2D eigenvalue weighted by atomic mass is 19.4. The summed E-state index contributed by atoms with van der Waals surface area (Å²) in [6, 6.07) is 16.8. The maximum Gasteiger partial charge on any atom is 0.416 e. The van der Waals surface area contributed by atoms with Crippen LogP contribution in [-0.2, 0) is 6.18 Å². The van der Waals surface area contributed by atoms with E-state index in [1.165, 1.54) is 12.1 Å². The molecular formula is C26H14F3N5O. The Bertz CT molecular complexity index is 1800. The first-order valence-electron chi connectivity index (χ1n) is 10.6. The predicted octanol–water partition coefficient (Wildman–Crippen LogP) is 6.15. The summed E-state index contributed by atoms with van der Waals surface area (Å²) in [7, 11) is 0. The third kappa shape index (κ3) is 3.57. The van der Waals surface area contributed by atoms with Crippen LogP contribution in [0.3, 0.4) is 0 Å². The number of benzene rings is 3. The topological polar surface area (TPSA) is 80.7 Å². The van der Waals surface area contributed by atoms with Crippen molar-refractivity contribution >= 4 is 55.5 Å². The van der Waals surface area contributed by atoms with Gasteiger partial charge in [-0.15, -0.1) is 0 Å². The minimum atomic E-state index is -4.50. The van der Waals surface area contributed by atoms with Crippen molar-refractivity contribution in [2.75, 3.05) is 5.32 Å². The lowest BCUT2D eigenvalue weighted by Crippen LogP contribution is -2.13. The highest BCUT2D eigenvalue weighted by Gasteiger charge is 2.30. The number of anilines is 1. The largest absolute Gasteiger partial charge is 0.416 e. The molecule has 3 aromatic heterocycles. The molecule has 0 atom stereocenters. The van der Waals surface area contributed by atoms with Crippen molar-refractivity contribution in [1.29, 1.82) is 0 Å². The van der Waals surface area contributed by atoms with Gasteiger partial charge >= 0.3 is 6.18 Å². The molecule has 0 aliphatic heterocycles. The first-order valence-corrected chi connectivity index (χ1v) is 10.6. The first kappa shape index (κ1) is 20.9. The Labute approximate surface area is 195 Å². The summed E-state index contributed by atoms with van der Waals surface area (Å²) >= 11 is 0. The first-order chi connectivity index (χ1) is 16.9. The second-order valence-corrected chi connectivity index (χ2v) is 7.96. The molecule has 6 aromatic rings. The maximum absolute atomic E-state index is 13.0. The molecular weight excluding hydrogens is 455 g/mol. The molecule has 6 nitrogen and oxygen atoms in total. The Morgan fingerprint density at radius 3 is 2.03 bits per heavy atom. The van der Waals surface area contributed by atoms with Gasteiger partial charge in [0.25, 0.3) is 5.91 Å². The van der Waals surface area contributed by atoms with Crippen LogP contribution in [0.5, 0.6) is 0 Å². The molecule has 3 aromatic carbocycles. The number of nitrogens with one attached hydrogen (secondary N) is 1. The highest BCUT2D eigenvalue weighted by Crippen LogP contribution is 2.32. The van der Waals surface area contributed by atoms with Crippen molar-refractivity contribution in [2.24, 2.45) is 0 Å². The molecule has 0 spiro atoms. The molecule has 0 fully saturated rings. The normalized spacial score (nSPS) is 12.0. The number of fused-ring (bicyclic) bond motifs is 7. The Morgan fingerprint density at radius 2 is 1.37 bits per heavy atom. The van der Waals surface area contributed by atoms with Crippen LogP contribution in [0.4, 0.5) is 18.9 Å². The van der Waals surface area contributed by atoms with Crippen LogP contribution >= 0.6 is 0 Å². The summed E-state index contributed by atoms with van der Waals surface area (Å²) in [5.41, 5.74) is 2.95. The number of halogens is 3. The smallest absolute Gasteiger partial charge is 0.322 e. The van der Waals surface area contributed by atoms with E-state index in [1.807, 2.05) is 24.3 Å². The van der Waals surface area contributed by atoms with E-state index in [1.54, 1.807) is 30.6 Å². The van der Waals surface area contributed by atoms with Crippen molar-refractivity contribution in [3.05, 3.63) is 90.3 Å². The third-order valence-electron chi connectivity index (χ3n) is 5.73. The van der Waals surface area contributed by atoms with Gasteiger partial charge in [-0.1, -0.05) is 18.2 Å². The molecule has 3 heterocycles. The van der Waals surface area contributed by atoms with Crippen LogP contribution in [0, 0.1) is 0 Å². The fraction of sp³-hybridized carbons (Fsp3) is 0.0385. The molecule has 6 rings (SSSR count). The summed E-state index contributed by atoms with van der Waals surface area (Å²) in [6.45, 7) is 0. The average molecular weight is 469 g/mol. The van der Waals surface area contributed by atoms with Gasteiger partial charge in [0.2, 0.25) is 0 Å². The number of hydrogen-bond acceptors (Lipinski definition) is 5. The van der Waals surface area contributed by atoms with Gasteiger partial charge in [-0.25, -0.2) is 9.97 Å². The fourth-order valence-electron chi connectivity index (χ4n) is 4.13. The van der Waals surface area contributed by atoms with Gasteiger partial charge in [0.05, 0.1) is 27.6 Å². The number of pyridine rings is 2. The van der Waals surface area contributed by atoms with Crippen LogP contribution in [0.1, 0.15) is 15.9 Å². The van der Waals surface area contributed by atoms with Crippen LogP contribution in [0.2, 0.25) is 0 Å². The zero-order valence-electron chi connectivity index (χ0n) is 17.8. The zero-order valence-corrected chi connectivity index (χ0v) is 17.8. The van der Waals surface area contributed by atoms with Crippen molar-refractivity contribution in [3.63, 3.8) is 0 Å². The van der Waals surface area contributed by atoms with E-state index in [9.17, 15) is 18.0 Å². The molecule has 0 saturated heterocycles. The van der Waals surface area contributed by atoms with Crippen LogP contribution in [0.25, 0.3) is 43.9 Å². The number of hydrogen-bond donors (Lipinski definition) is 1. The van der Waals surface area contributed by atoms with Gasteiger partial charge < -0.3 is 5.32 Å². The Morgan fingerprint density at radius 1 is 0.714 bits per heavy atom. The molecule has 1 amide bonds. The molecule has 0 radical (unpaired) electrons. The van der Waals surface area contributed by atoms with E-state index < -0.39 is 17.6 Å². The molecule has 0 aliphatic rings. The van der Waals surface area contributed by atoms with E-state index in [2.05, 4.69) is 15.3 Å². The Kier molecular flexibility index (Phi) is 4.60. The van der Waals surface area contributed by atoms with Crippen molar-refractivity contribution in [1.82, 2.24) is 19.9 Å². The van der Waals surface area contributed by atoms with Gasteiger partial charge in [-0.05, 0) is 48.5 Å². The molecule has 170 valence electrons. The second-order valence-electron chi connectivity index (χ2n) is 7.96. The van der Waals surface area contributed by atoms with Gasteiger partial charge in [0.1, 0.15) is 11.0 Å². The summed E-state index contributed by atoms with van der Waals surface area (Å²) in [4.78, 5) is 31.3. The van der Waals surface area contributed by atoms with E-state index in [4.69, 9.17) is 9.97 Å². The third-order valence-corrected chi connectivity index (χ3v) is 5.73. The van der Waals surface area contributed by atoms with E-state index in [-0.39, 0.29) is 11.3 Å². The quantitative estimate of drug-likeness (QED) is 0.243. The Balaban J connectivity index is 1.47. The SMILES string of the molecule is O=C(Nc1cccc(C(F)(F)F)c1)c1ccc2nc3c4ncccc4c4cccnc4c3nc2c1. The summed E-state index contributed by atoms with van der Waals surface area (Å²) < 4.78 is 39.0. The fourth-order valence-corrected chi connectivity index (χ4v) is 4.13. The summed E-state index contributed by atoms with van der Waals surface area (Å²) in [5, 5.41) is 4.31. The molecule has 35 heavy (non-hydrogen) atoms. The van der Waals surface area contributed by atoms with Gasteiger partial charge in [0.15, 0.2) is 0 Å². The lowest BCUT2D eigenvalue weighted by atomic mass is 10.1. The van der Waals surface area contributed by atoms with Crippen LogP contribution in [0.15, 0.2) is 79.1 Å². The number of rotatable bonds is 2. The van der Waals surface area contributed by atoms with Gasteiger partial charge in [0, 0.05) is 34.4 Å². The molecule has 0 saturated carbocycles. The standard InChI is InChI=1S/C26H14F3N5O/c27-26(28,29)15-4-1-5-16(13-15)32-25(35)14-8-9-19-20(12-14)34-24-22-18(7-3-11-31-22)17-6-2-10-30-21(17)23(24)33-19/h1-13H,(H,32,35). The summed E-state index contributed by atoms with van der Waals surface area (Å²) in [6.07, 6.45) is -1.14. The molecule has 9 heteroatoms. The number of aromatic nitrogens is 4. The lowest BCUT2D eigenvalue weighted by Gasteiger charge is -2.11. The molecule has 0 bridgehead atoms. The van der Waals surface area contributed by atoms with Crippen molar-refractivity contribution in [3.8, 4) is 0 Å². The molecule has 0 aliphatic carbocycles. The second kappa shape index (κ2) is 7.69. The van der Waals surface area contributed by atoms with E-state index >= 15 is 0 Å². The molecule has 1 N–H and O–H groups in total. The van der Waals surface area contributed by atoms with Crippen molar-refractivity contribution in [2.45, 2.75) is 6.18 Å². The monoisotopic (exact) mass is 469 g/mol. The Hall–Kier alpha value is -4.66. The maximum atomic E-state index is 13.0. The number of alkyl halides is 3. The predicted molar refractivity (Wildman–Crippen MR) is 127 cm³/mol. The number of nitrogens with zero attached hydrogens (tertiary/aromatic N) is 4. The minimum Gasteiger partial charge on any atom is -0.322 e. The lowest BCUT2D eigenvalue weighted by molar-refractivity contribution is -0.137. The van der Waals surface area contributed by atoms with E-state index in [0.717, 1.165) is 22.9 Å². The molecule has 0 unspecified atom stereocenters. The number of carbonyl (C=O) groups excluding carboxylic acids is 1. The minimum absolute atomic E-state index is 0.0438. The van der Waals surface area contributed by atoms with Crippen molar-refractivity contribution < 1.29 is 18.0 Å². The number of amides is 1. The van der Waals surface area contributed by atoms with Crippen LogP contribution in [-0.4, -0.2) is 25.8 Å². The van der Waals surface area contributed by atoms with Gasteiger partial charge in [-0.3, -0.25) is 14.8 Å². The van der Waals surface area contributed by atoms with E-state index in [0.29, 0.717) is 33.1 Å². The van der Waals surface area contributed by atoms with Crippen LogP contribution < -0.4 is 5.32 Å². The average Bonchev–Trinajstić information content (AvgIpc) is 2.87. The van der Waals surface area contributed by atoms with Gasteiger partial charge in [-0.2, -0.15) is 13.2 Å².